The Balaban J connectivity index is 1.84. The van der Waals surface area contributed by atoms with Crippen LogP contribution in [0, 0.1) is 11.8 Å². The third-order valence-corrected chi connectivity index (χ3v) is 4.90. The fraction of sp³-hybridized carbons (Fsp3) is 0.444. The number of carbonyl (C=O) groups is 1. The molecule has 1 aromatic heterocycles. The number of amides is 1. The standard InChI is InChI=1S/C18H16F6N2O2/c19-17(20,21)12-7-13(18(22,23)24)9-26(8-12)15(27)6-11-5-10-3-1-2-4-14(10)25-16(11)28/h1-5,12-13H,6-9H2,(H,25,28). The first-order valence-corrected chi connectivity index (χ1v) is 8.47. The fourth-order valence-electron chi connectivity index (χ4n) is 3.38. The molecular formula is C18H16F6N2O2. The largest absolute Gasteiger partial charge is 0.393 e. The highest BCUT2D eigenvalue weighted by atomic mass is 19.4. The number of halogens is 6. The van der Waals surface area contributed by atoms with Gasteiger partial charge in [-0.1, -0.05) is 18.2 Å². The Kier molecular flexibility index (Phi) is 5.16. The van der Waals surface area contributed by atoms with E-state index in [0.717, 1.165) is 0 Å². The van der Waals surface area contributed by atoms with Gasteiger partial charge in [0.05, 0.1) is 18.3 Å². The molecule has 2 atom stereocenters. The van der Waals surface area contributed by atoms with E-state index in [1.165, 1.54) is 6.07 Å². The van der Waals surface area contributed by atoms with Gasteiger partial charge in [0.25, 0.3) is 5.56 Å². The lowest BCUT2D eigenvalue weighted by Crippen LogP contribution is -2.52. The molecule has 2 aromatic rings. The number of hydrogen-bond donors (Lipinski definition) is 1. The fourth-order valence-corrected chi connectivity index (χ4v) is 3.38. The highest BCUT2D eigenvalue weighted by Crippen LogP contribution is 2.41. The number of para-hydroxylation sites is 1. The summed E-state index contributed by atoms with van der Waals surface area (Å²) in [4.78, 5) is 27.7. The number of aromatic amines is 1. The Morgan fingerprint density at radius 1 is 1.04 bits per heavy atom. The summed E-state index contributed by atoms with van der Waals surface area (Å²) in [5, 5.41) is 0.602. The van der Waals surface area contributed by atoms with Gasteiger partial charge in [-0.05, 0) is 23.9 Å². The zero-order chi connectivity index (χ0) is 20.7. The van der Waals surface area contributed by atoms with Crippen molar-refractivity contribution < 1.29 is 31.1 Å². The molecule has 0 saturated carbocycles. The molecule has 1 aliphatic rings. The Morgan fingerprint density at radius 3 is 2.18 bits per heavy atom. The number of likely N-dealkylation sites (tertiary alicyclic amines) is 1. The zero-order valence-electron chi connectivity index (χ0n) is 14.4. The maximum atomic E-state index is 13.0. The molecule has 4 nitrogen and oxygen atoms in total. The maximum Gasteiger partial charge on any atom is 0.393 e. The van der Waals surface area contributed by atoms with E-state index in [1.807, 2.05) is 0 Å². The van der Waals surface area contributed by atoms with E-state index >= 15 is 0 Å². The number of alkyl halides is 6. The number of nitrogens with zero attached hydrogens (tertiary/aromatic N) is 1. The smallest absolute Gasteiger partial charge is 0.341 e. The van der Waals surface area contributed by atoms with E-state index in [-0.39, 0.29) is 5.56 Å². The van der Waals surface area contributed by atoms with Gasteiger partial charge in [0.1, 0.15) is 0 Å². The van der Waals surface area contributed by atoms with Crippen LogP contribution < -0.4 is 5.56 Å². The number of piperidine rings is 1. The number of hydrogen-bond acceptors (Lipinski definition) is 2. The van der Waals surface area contributed by atoms with Gasteiger partial charge in [-0.25, -0.2) is 0 Å². The third-order valence-electron chi connectivity index (χ3n) is 4.90. The molecule has 152 valence electrons. The summed E-state index contributed by atoms with van der Waals surface area (Å²) < 4.78 is 78.3. The minimum absolute atomic E-state index is 0.0126. The molecule has 28 heavy (non-hydrogen) atoms. The van der Waals surface area contributed by atoms with Crippen LogP contribution in [0.2, 0.25) is 0 Å². The molecule has 10 heteroatoms. The number of fused-ring (bicyclic) bond motifs is 1. The lowest BCUT2D eigenvalue weighted by atomic mass is 9.88. The molecule has 0 spiro atoms. The van der Waals surface area contributed by atoms with Gasteiger partial charge in [0.2, 0.25) is 5.91 Å². The highest BCUT2D eigenvalue weighted by molar-refractivity contribution is 5.82. The number of aromatic nitrogens is 1. The lowest BCUT2D eigenvalue weighted by molar-refractivity contribution is -0.229. The van der Waals surface area contributed by atoms with Crippen LogP contribution >= 0.6 is 0 Å². The van der Waals surface area contributed by atoms with Crippen LogP contribution in [0.5, 0.6) is 0 Å². The molecule has 0 aliphatic carbocycles. The van der Waals surface area contributed by atoms with Crippen molar-refractivity contribution in [2.24, 2.45) is 11.8 Å². The molecular weight excluding hydrogens is 390 g/mol. The second-order valence-electron chi connectivity index (χ2n) is 6.90. The molecule has 1 N–H and O–H groups in total. The van der Waals surface area contributed by atoms with Gasteiger partial charge in [-0.3, -0.25) is 9.59 Å². The molecule has 2 heterocycles. The molecule has 2 unspecified atom stereocenters. The van der Waals surface area contributed by atoms with Crippen LogP contribution in [0.4, 0.5) is 26.3 Å². The zero-order valence-corrected chi connectivity index (χ0v) is 14.4. The van der Waals surface area contributed by atoms with Crippen LogP contribution in [0.15, 0.2) is 35.1 Å². The Bertz CT molecular complexity index is 912. The SMILES string of the molecule is O=C(Cc1cc2ccccc2[nH]c1=O)N1CC(C(F)(F)F)CC(C(F)(F)F)C1. The van der Waals surface area contributed by atoms with Gasteiger partial charge < -0.3 is 9.88 Å². The van der Waals surface area contributed by atoms with Crippen LogP contribution in [0.1, 0.15) is 12.0 Å². The van der Waals surface area contributed by atoms with E-state index in [1.54, 1.807) is 24.3 Å². The first-order chi connectivity index (χ1) is 12.9. The van der Waals surface area contributed by atoms with E-state index in [9.17, 15) is 35.9 Å². The first-order valence-electron chi connectivity index (χ1n) is 8.47. The van der Waals surface area contributed by atoms with Gasteiger partial charge in [0, 0.05) is 24.2 Å². The quantitative estimate of drug-likeness (QED) is 0.774. The number of carbonyl (C=O) groups excluding carboxylic acids is 1. The van der Waals surface area contributed by atoms with E-state index in [4.69, 9.17) is 0 Å². The summed E-state index contributed by atoms with van der Waals surface area (Å²) >= 11 is 0. The van der Waals surface area contributed by atoms with Gasteiger partial charge in [-0.15, -0.1) is 0 Å². The summed E-state index contributed by atoms with van der Waals surface area (Å²) in [5.74, 6) is -5.46. The molecule has 1 aromatic carbocycles. The van der Waals surface area contributed by atoms with E-state index in [0.29, 0.717) is 15.8 Å². The molecule has 1 amide bonds. The summed E-state index contributed by atoms with van der Waals surface area (Å²) in [5.41, 5.74) is -0.110. The lowest BCUT2D eigenvalue weighted by Gasteiger charge is -2.39. The average Bonchev–Trinajstić information content (AvgIpc) is 2.60. The summed E-state index contributed by atoms with van der Waals surface area (Å²) in [7, 11) is 0. The van der Waals surface area contributed by atoms with Gasteiger partial charge in [-0.2, -0.15) is 26.3 Å². The van der Waals surface area contributed by atoms with Gasteiger partial charge in [0.15, 0.2) is 0 Å². The Morgan fingerprint density at radius 2 is 1.61 bits per heavy atom. The van der Waals surface area contributed by atoms with Crippen LogP contribution in [-0.2, 0) is 11.2 Å². The summed E-state index contributed by atoms with van der Waals surface area (Å²) in [6.45, 7) is -1.69. The van der Waals surface area contributed by atoms with Crippen molar-refractivity contribution in [1.29, 1.82) is 0 Å². The molecule has 1 saturated heterocycles. The highest BCUT2D eigenvalue weighted by Gasteiger charge is 2.52. The normalized spacial score (nSPS) is 21.1. The van der Waals surface area contributed by atoms with Crippen molar-refractivity contribution in [3.8, 4) is 0 Å². The van der Waals surface area contributed by atoms with Crippen molar-refractivity contribution in [2.45, 2.75) is 25.2 Å². The first kappa shape index (κ1) is 20.2. The number of pyridine rings is 1. The third kappa shape index (κ3) is 4.31. The van der Waals surface area contributed by atoms with Crippen molar-refractivity contribution in [3.63, 3.8) is 0 Å². The Hall–Kier alpha value is -2.52. The van der Waals surface area contributed by atoms with Crippen molar-refractivity contribution >= 4 is 16.8 Å². The monoisotopic (exact) mass is 406 g/mol. The van der Waals surface area contributed by atoms with E-state index < -0.39 is 61.6 Å². The second kappa shape index (κ2) is 7.14. The average molecular weight is 406 g/mol. The predicted octanol–water partition coefficient (Wildman–Crippen LogP) is 3.66. The van der Waals surface area contributed by atoms with Crippen LogP contribution in [0.3, 0.4) is 0 Å². The number of H-pyrrole nitrogens is 1. The topological polar surface area (TPSA) is 53.2 Å². The molecule has 0 radical (unpaired) electrons. The second-order valence-corrected chi connectivity index (χ2v) is 6.90. The summed E-state index contributed by atoms with van der Waals surface area (Å²) in [6, 6.07) is 8.09. The molecule has 3 rings (SSSR count). The number of benzene rings is 1. The number of nitrogens with one attached hydrogen (secondary N) is 1. The van der Waals surface area contributed by atoms with Crippen LogP contribution in [0.25, 0.3) is 10.9 Å². The number of rotatable bonds is 2. The predicted molar refractivity (Wildman–Crippen MR) is 88.6 cm³/mol. The minimum Gasteiger partial charge on any atom is -0.341 e. The van der Waals surface area contributed by atoms with E-state index in [2.05, 4.69) is 4.98 Å². The maximum absolute atomic E-state index is 13.0. The van der Waals surface area contributed by atoms with Crippen molar-refractivity contribution in [1.82, 2.24) is 9.88 Å². The molecule has 0 bridgehead atoms. The van der Waals surface area contributed by atoms with Crippen LogP contribution in [-0.4, -0.2) is 41.2 Å². The Labute approximate surface area is 155 Å². The molecule has 1 fully saturated rings. The minimum atomic E-state index is -4.84. The molecule has 1 aliphatic heterocycles. The van der Waals surface area contributed by atoms with Crippen molar-refractivity contribution in [3.05, 3.63) is 46.2 Å². The summed E-state index contributed by atoms with van der Waals surface area (Å²) in [6.07, 6.45) is -11.4. The van der Waals surface area contributed by atoms with Gasteiger partial charge >= 0.3 is 12.4 Å². The van der Waals surface area contributed by atoms with Crippen molar-refractivity contribution in [2.75, 3.05) is 13.1 Å².